The number of benzene rings is 3. The van der Waals surface area contributed by atoms with Crippen LogP contribution in [0.5, 0.6) is 0 Å². The van der Waals surface area contributed by atoms with E-state index in [1.54, 1.807) is 12.3 Å². The number of hydrogen-bond acceptors (Lipinski definition) is 7. The van der Waals surface area contributed by atoms with Gasteiger partial charge in [0.2, 0.25) is 15.9 Å². The van der Waals surface area contributed by atoms with E-state index < -0.39 is 61.7 Å². The highest BCUT2D eigenvalue weighted by atomic mass is 35.5. The molecule has 6 aromatic rings. The van der Waals surface area contributed by atoms with Gasteiger partial charge in [0.1, 0.15) is 46.5 Å². The van der Waals surface area contributed by atoms with Crippen LogP contribution in [0, 0.1) is 23.3 Å². The van der Waals surface area contributed by atoms with Crippen LogP contribution in [0.2, 0.25) is 5.02 Å². The van der Waals surface area contributed by atoms with E-state index in [2.05, 4.69) is 25.2 Å². The SMILES string of the molecule is Cn1nc(NS(C)(=O)=O)c2c(Cl)ccc(-n3c(C(Cc4cc(F)cc(F)c4)NC(=O)Cn4ccc(C5CC5)n4)nc4c(F)ccc(F)c4c3=O)c21. The van der Waals surface area contributed by atoms with Crippen molar-refractivity contribution < 1.29 is 30.8 Å². The van der Waals surface area contributed by atoms with Crippen LogP contribution < -0.4 is 15.6 Å². The first-order valence-electron chi connectivity index (χ1n) is 15.5. The van der Waals surface area contributed by atoms with E-state index in [0.717, 1.165) is 53.6 Å². The number of halogens is 5. The first-order valence-corrected chi connectivity index (χ1v) is 17.8. The lowest BCUT2D eigenvalue weighted by Gasteiger charge is -2.24. The van der Waals surface area contributed by atoms with Gasteiger partial charge >= 0.3 is 0 Å². The fourth-order valence-corrected chi connectivity index (χ4v) is 6.84. The fraction of sp³-hybridized carbons (Fsp3) is 0.242. The van der Waals surface area contributed by atoms with Crippen molar-refractivity contribution in [3.05, 3.63) is 110 Å². The second-order valence-corrected chi connectivity index (χ2v) is 14.5. The maximum Gasteiger partial charge on any atom is 0.269 e. The van der Waals surface area contributed by atoms with Crippen molar-refractivity contribution in [3.63, 3.8) is 0 Å². The van der Waals surface area contributed by atoms with Crippen LogP contribution >= 0.6 is 11.6 Å². The first-order chi connectivity index (χ1) is 24.2. The molecule has 2 N–H and O–H groups in total. The summed E-state index contributed by atoms with van der Waals surface area (Å²) in [7, 11) is -2.44. The van der Waals surface area contributed by atoms with Gasteiger partial charge in [-0.15, -0.1) is 0 Å². The van der Waals surface area contributed by atoms with Crippen molar-refractivity contribution in [2.75, 3.05) is 11.0 Å². The molecule has 12 nitrogen and oxygen atoms in total. The van der Waals surface area contributed by atoms with Crippen LogP contribution in [0.1, 0.15) is 41.9 Å². The number of carbonyl (C=O) groups excluding carboxylic acids is 1. The summed E-state index contributed by atoms with van der Waals surface area (Å²) < 4.78 is 89.7. The molecule has 1 saturated carbocycles. The molecule has 1 aliphatic rings. The van der Waals surface area contributed by atoms with Crippen molar-refractivity contribution in [1.29, 1.82) is 0 Å². The van der Waals surface area contributed by atoms with E-state index in [-0.39, 0.29) is 51.8 Å². The highest BCUT2D eigenvalue weighted by Gasteiger charge is 2.30. The molecule has 51 heavy (non-hydrogen) atoms. The van der Waals surface area contributed by atoms with E-state index in [0.29, 0.717) is 12.0 Å². The summed E-state index contributed by atoms with van der Waals surface area (Å²) in [6.07, 6.45) is 4.12. The minimum absolute atomic E-state index is 0.0263. The largest absolute Gasteiger partial charge is 0.344 e. The van der Waals surface area contributed by atoms with Gasteiger partial charge in [-0.1, -0.05) is 11.6 Å². The van der Waals surface area contributed by atoms with Crippen molar-refractivity contribution in [2.45, 2.75) is 37.8 Å². The van der Waals surface area contributed by atoms with Gasteiger partial charge in [0.05, 0.1) is 39.6 Å². The predicted molar refractivity (Wildman–Crippen MR) is 180 cm³/mol. The molecule has 7 rings (SSSR count). The molecule has 1 fully saturated rings. The second kappa shape index (κ2) is 12.8. The number of nitrogens with zero attached hydrogens (tertiary/aromatic N) is 6. The van der Waals surface area contributed by atoms with Crippen molar-refractivity contribution in [2.24, 2.45) is 7.05 Å². The van der Waals surface area contributed by atoms with Gasteiger partial charge < -0.3 is 5.32 Å². The summed E-state index contributed by atoms with van der Waals surface area (Å²) in [6.45, 7) is -0.297. The van der Waals surface area contributed by atoms with Crippen LogP contribution in [0.4, 0.5) is 23.4 Å². The monoisotopic (exact) mass is 742 g/mol. The second-order valence-electron chi connectivity index (χ2n) is 12.3. The molecule has 1 atom stereocenters. The third-order valence-corrected chi connectivity index (χ3v) is 9.24. The highest BCUT2D eigenvalue weighted by Crippen LogP contribution is 2.39. The molecule has 0 spiro atoms. The molecule has 1 unspecified atom stereocenters. The maximum atomic E-state index is 15.4. The van der Waals surface area contributed by atoms with Crippen LogP contribution in [0.3, 0.4) is 0 Å². The molecule has 1 amide bonds. The van der Waals surface area contributed by atoms with Gasteiger partial charge in [-0.05, 0) is 60.9 Å². The van der Waals surface area contributed by atoms with Gasteiger partial charge in [-0.2, -0.15) is 10.2 Å². The Hall–Kier alpha value is -5.29. The molecule has 0 bridgehead atoms. The van der Waals surface area contributed by atoms with E-state index in [9.17, 15) is 26.8 Å². The van der Waals surface area contributed by atoms with Crippen molar-refractivity contribution >= 4 is 55.2 Å². The average Bonchev–Trinajstić information content (AvgIpc) is 3.70. The lowest BCUT2D eigenvalue weighted by molar-refractivity contribution is -0.122. The molecule has 0 aliphatic heterocycles. The summed E-state index contributed by atoms with van der Waals surface area (Å²) in [6, 6.07) is 7.33. The molecular formula is C33H27ClF4N8O4S. The van der Waals surface area contributed by atoms with Crippen LogP contribution in [0.15, 0.2) is 59.5 Å². The van der Waals surface area contributed by atoms with Crippen molar-refractivity contribution in [3.8, 4) is 5.69 Å². The Morgan fingerprint density at radius 2 is 1.71 bits per heavy atom. The zero-order valence-corrected chi connectivity index (χ0v) is 28.4. The lowest BCUT2D eigenvalue weighted by atomic mass is 10.0. The molecule has 18 heteroatoms. The summed E-state index contributed by atoms with van der Waals surface area (Å²) in [5.74, 6) is -4.87. The van der Waals surface area contributed by atoms with Crippen LogP contribution in [-0.2, 0) is 34.8 Å². The van der Waals surface area contributed by atoms with E-state index in [4.69, 9.17) is 11.6 Å². The zero-order valence-electron chi connectivity index (χ0n) is 26.8. The quantitative estimate of drug-likeness (QED) is 0.187. The van der Waals surface area contributed by atoms with E-state index >= 15 is 8.78 Å². The van der Waals surface area contributed by atoms with Gasteiger partial charge in [0, 0.05) is 31.6 Å². The Morgan fingerprint density at radius 3 is 2.39 bits per heavy atom. The lowest BCUT2D eigenvalue weighted by Crippen LogP contribution is -2.37. The number of carbonyl (C=O) groups is 1. The summed E-state index contributed by atoms with van der Waals surface area (Å²) in [5.41, 5.74) is -0.900. The Balaban J connectivity index is 1.46. The van der Waals surface area contributed by atoms with Gasteiger partial charge in [-0.25, -0.2) is 31.0 Å². The van der Waals surface area contributed by atoms with Gasteiger partial charge in [-0.3, -0.25) is 28.2 Å². The Labute approximate surface area is 291 Å². The Morgan fingerprint density at radius 1 is 1.00 bits per heavy atom. The number of hydrogen-bond donors (Lipinski definition) is 2. The molecule has 3 aromatic carbocycles. The standard InChI is InChI=1S/C33H27ClF4N8O4S/c1-44-30-25(8-5-20(34)27(30)31(42-44)43-51(2,49)50)46-32(40-29-22(38)7-6-21(37)28(29)33(46)48)24(13-16-11-18(35)14-19(36)12-16)39-26(47)15-45-10-9-23(41-45)17-3-4-17/h5-12,14,17,24H,3-4,13,15H2,1-2H3,(H,39,47)(H,42,43). The van der Waals surface area contributed by atoms with Crippen LogP contribution in [0.25, 0.3) is 27.5 Å². The summed E-state index contributed by atoms with van der Waals surface area (Å²) in [5, 5.41) is 10.8. The minimum Gasteiger partial charge on any atom is -0.344 e. The molecule has 1 aliphatic carbocycles. The number of sulfonamides is 1. The Bertz CT molecular complexity index is 2550. The third kappa shape index (κ3) is 6.78. The van der Waals surface area contributed by atoms with Gasteiger partial charge in [0.15, 0.2) is 5.82 Å². The number of aryl methyl sites for hydroxylation is 1. The molecular weight excluding hydrogens is 716 g/mol. The average molecular weight is 743 g/mol. The van der Waals surface area contributed by atoms with Crippen LogP contribution in [-0.4, -0.2) is 49.7 Å². The molecule has 264 valence electrons. The fourth-order valence-electron chi connectivity index (χ4n) is 6.11. The number of fused-ring (bicyclic) bond motifs is 2. The minimum atomic E-state index is -3.87. The number of nitrogens with one attached hydrogen (secondary N) is 2. The number of rotatable bonds is 10. The number of aromatic nitrogens is 6. The number of anilines is 1. The topological polar surface area (TPSA) is 146 Å². The zero-order chi connectivity index (χ0) is 36.4. The molecule has 0 radical (unpaired) electrons. The maximum absolute atomic E-state index is 15.4. The first kappa shape index (κ1) is 34.2. The third-order valence-electron chi connectivity index (χ3n) is 8.36. The molecule has 3 aromatic heterocycles. The van der Waals surface area contributed by atoms with E-state index in [1.165, 1.54) is 28.5 Å². The molecule has 0 saturated heterocycles. The van der Waals surface area contributed by atoms with Crippen molar-refractivity contribution in [1.82, 2.24) is 34.4 Å². The Kier molecular flexibility index (Phi) is 8.57. The van der Waals surface area contributed by atoms with Gasteiger partial charge in [0.25, 0.3) is 5.56 Å². The number of amides is 1. The summed E-state index contributed by atoms with van der Waals surface area (Å²) in [4.78, 5) is 32.4. The smallest absolute Gasteiger partial charge is 0.269 e. The molecule has 3 heterocycles. The predicted octanol–water partition coefficient (Wildman–Crippen LogP) is 5.03. The normalized spacial score (nSPS) is 13.9. The summed E-state index contributed by atoms with van der Waals surface area (Å²) >= 11 is 6.52. The highest BCUT2D eigenvalue weighted by molar-refractivity contribution is 7.92. The van der Waals surface area contributed by atoms with E-state index in [1.807, 2.05) is 0 Å².